The molecule has 6 heteroatoms. The van der Waals surface area contributed by atoms with Crippen molar-refractivity contribution in [3.05, 3.63) is 0 Å². The molecule has 3 N–H and O–H groups in total. The Bertz CT molecular complexity index is 330. The van der Waals surface area contributed by atoms with Crippen LogP contribution in [0.15, 0.2) is 0 Å². The lowest BCUT2D eigenvalue weighted by Crippen LogP contribution is -2.45. The number of aliphatic carboxylic acids is 1. The minimum Gasteiger partial charge on any atom is -0.480 e. The van der Waals surface area contributed by atoms with Crippen molar-refractivity contribution >= 4 is 17.7 Å². The van der Waals surface area contributed by atoms with Crippen LogP contribution in [-0.4, -0.2) is 40.5 Å². The molecule has 0 saturated heterocycles. The standard InChI is InChI=1S/C14H25NO5/c1-3-5-6-7-12(17)10(4-2)13(18)15-11(8-9-16)14(19)20/h10-11,16H,3-9H2,1-2H3,(H,15,18)(H,19,20)/t10?,11-/m0/s1. The molecule has 0 spiro atoms. The molecular formula is C14H25NO5. The van der Waals surface area contributed by atoms with E-state index in [1.807, 2.05) is 6.92 Å². The summed E-state index contributed by atoms with van der Waals surface area (Å²) in [6.07, 6.45) is 3.30. The van der Waals surface area contributed by atoms with E-state index >= 15 is 0 Å². The first-order chi connectivity index (χ1) is 9.47. The van der Waals surface area contributed by atoms with Gasteiger partial charge in [-0.05, 0) is 12.8 Å². The highest BCUT2D eigenvalue weighted by molar-refractivity contribution is 6.02. The Labute approximate surface area is 119 Å². The molecule has 6 nitrogen and oxygen atoms in total. The van der Waals surface area contributed by atoms with E-state index in [9.17, 15) is 14.4 Å². The smallest absolute Gasteiger partial charge is 0.326 e. The van der Waals surface area contributed by atoms with Gasteiger partial charge in [0.15, 0.2) is 0 Å². The van der Waals surface area contributed by atoms with E-state index in [2.05, 4.69) is 5.32 Å². The second-order valence-electron chi connectivity index (χ2n) is 4.80. The van der Waals surface area contributed by atoms with Crippen molar-refractivity contribution in [2.24, 2.45) is 5.92 Å². The van der Waals surface area contributed by atoms with Crippen molar-refractivity contribution in [1.29, 1.82) is 0 Å². The lowest BCUT2D eigenvalue weighted by atomic mass is 9.95. The number of aliphatic hydroxyl groups is 1. The number of carboxylic acids is 1. The summed E-state index contributed by atoms with van der Waals surface area (Å²) in [7, 11) is 0. The van der Waals surface area contributed by atoms with Gasteiger partial charge >= 0.3 is 5.97 Å². The summed E-state index contributed by atoms with van der Waals surface area (Å²) in [6, 6.07) is -1.15. The molecule has 20 heavy (non-hydrogen) atoms. The summed E-state index contributed by atoms with van der Waals surface area (Å²) in [4.78, 5) is 34.8. The zero-order chi connectivity index (χ0) is 15.5. The molecule has 0 aliphatic carbocycles. The number of carbonyl (C=O) groups excluding carboxylic acids is 2. The lowest BCUT2D eigenvalue weighted by Gasteiger charge is -2.18. The van der Waals surface area contributed by atoms with Crippen LogP contribution in [0.5, 0.6) is 0 Å². The fourth-order valence-electron chi connectivity index (χ4n) is 1.94. The van der Waals surface area contributed by atoms with Crippen molar-refractivity contribution in [2.75, 3.05) is 6.61 Å². The molecular weight excluding hydrogens is 262 g/mol. The van der Waals surface area contributed by atoms with Gasteiger partial charge in [0.2, 0.25) is 5.91 Å². The zero-order valence-electron chi connectivity index (χ0n) is 12.2. The molecule has 0 radical (unpaired) electrons. The fraction of sp³-hybridized carbons (Fsp3) is 0.786. The van der Waals surface area contributed by atoms with Crippen LogP contribution in [0.3, 0.4) is 0 Å². The minimum absolute atomic E-state index is 0.0679. The molecule has 1 amide bonds. The van der Waals surface area contributed by atoms with Crippen LogP contribution in [0.1, 0.15) is 52.4 Å². The van der Waals surface area contributed by atoms with Gasteiger partial charge in [0, 0.05) is 19.4 Å². The van der Waals surface area contributed by atoms with E-state index in [1.54, 1.807) is 6.92 Å². The average molecular weight is 287 g/mol. The van der Waals surface area contributed by atoms with Gasteiger partial charge in [-0.3, -0.25) is 9.59 Å². The molecule has 1 unspecified atom stereocenters. The van der Waals surface area contributed by atoms with Crippen LogP contribution in [-0.2, 0) is 14.4 Å². The van der Waals surface area contributed by atoms with Gasteiger partial charge in [0.25, 0.3) is 0 Å². The lowest BCUT2D eigenvalue weighted by molar-refractivity contribution is -0.144. The molecule has 116 valence electrons. The fourth-order valence-corrected chi connectivity index (χ4v) is 1.94. The molecule has 0 aromatic rings. The number of ketones is 1. The quantitative estimate of drug-likeness (QED) is 0.390. The van der Waals surface area contributed by atoms with E-state index in [0.717, 1.165) is 19.3 Å². The SMILES string of the molecule is CCCCCC(=O)C(CC)C(=O)N[C@@H](CCO)C(=O)O. The van der Waals surface area contributed by atoms with Crippen LogP contribution in [0.4, 0.5) is 0 Å². The minimum atomic E-state index is -1.21. The number of Topliss-reactive ketones (excluding diaryl/α,β-unsaturated/α-hetero) is 1. The number of amides is 1. The van der Waals surface area contributed by atoms with E-state index in [-0.39, 0.29) is 18.8 Å². The second-order valence-corrected chi connectivity index (χ2v) is 4.80. The van der Waals surface area contributed by atoms with Crippen LogP contribution >= 0.6 is 0 Å². The van der Waals surface area contributed by atoms with E-state index in [1.165, 1.54) is 0 Å². The molecule has 0 aliphatic heterocycles. The number of nitrogens with one attached hydrogen (secondary N) is 1. The van der Waals surface area contributed by atoms with E-state index in [0.29, 0.717) is 12.8 Å². The summed E-state index contributed by atoms with van der Waals surface area (Å²) in [5, 5.41) is 20.0. The summed E-state index contributed by atoms with van der Waals surface area (Å²) in [5.41, 5.74) is 0. The maximum absolute atomic E-state index is 12.0. The first kappa shape index (κ1) is 18.6. The number of carboxylic acid groups (broad SMARTS) is 1. The van der Waals surface area contributed by atoms with Crippen LogP contribution < -0.4 is 5.32 Å². The average Bonchev–Trinajstić information content (AvgIpc) is 2.39. The molecule has 0 rings (SSSR count). The van der Waals surface area contributed by atoms with E-state index in [4.69, 9.17) is 10.2 Å². The number of rotatable bonds is 11. The van der Waals surface area contributed by atoms with Gasteiger partial charge in [0.05, 0.1) is 5.92 Å². The number of hydrogen-bond acceptors (Lipinski definition) is 4. The number of aliphatic hydroxyl groups excluding tert-OH is 1. The maximum Gasteiger partial charge on any atom is 0.326 e. The maximum atomic E-state index is 12.0. The number of hydrogen-bond donors (Lipinski definition) is 3. The summed E-state index contributed by atoms with van der Waals surface area (Å²) >= 11 is 0. The molecule has 0 aromatic carbocycles. The van der Waals surface area contributed by atoms with Gasteiger partial charge in [-0.2, -0.15) is 0 Å². The van der Waals surface area contributed by atoms with Crippen molar-refractivity contribution < 1.29 is 24.6 Å². The molecule has 0 aromatic heterocycles. The highest BCUT2D eigenvalue weighted by Gasteiger charge is 2.28. The Balaban J connectivity index is 4.51. The first-order valence-electron chi connectivity index (χ1n) is 7.14. The normalized spacial score (nSPS) is 13.6. The predicted molar refractivity (Wildman–Crippen MR) is 74.2 cm³/mol. The monoisotopic (exact) mass is 287 g/mol. The Morgan fingerprint density at radius 3 is 2.25 bits per heavy atom. The molecule has 0 saturated carbocycles. The van der Waals surface area contributed by atoms with Crippen LogP contribution in [0.2, 0.25) is 0 Å². The Morgan fingerprint density at radius 2 is 1.80 bits per heavy atom. The number of unbranched alkanes of at least 4 members (excludes halogenated alkanes) is 2. The van der Waals surface area contributed by atoms with Gasteiger partial charge in [-0.1, -0.05) is 26.7 Å². The highest BCUT2D eigenvalue weighted by Crippen LogP contribution is 2.11. The largest absolute Gasteiger partial charge is 0.480 e. The molecule has 0 bridgehead atoms. The van der Waals surface area contributed by atoms with Crippen LogP contribution in [0.25, 0.3) is 0 Å². The Kier molecular flexibility index (Phi) is 9.63. The third-order valence-corrected chi connectivity index (χ3v) is 3.17. The van der Waals surface area contributed by atoms with Crippen molar-refractivity contribution in [2.45, 2.75) is 58.4 Å². The first-order valence-corrected chi connectivity index (χ1v) is 7.14. The summed E-state index contributed by atoms with van der Waals surface area (Å²) < 4.78 is 0. The van der Waals surface area contributed by atoms with E-state index < -0.39 is 23.8 Å². The third-order valence-electron chi connectivity index (χ3n) is 3.17. The van der Waals surface area contributed by atoms with Crippen LogP contribution in [0, 0.1) is 5.92 Å². The topological polar surface area (TPSA) is 104 Å². The van der Waals surface area contributed by atoms with Gasteiger partial charge in [-0.25, -0.2) is 4.79 Å². The Hall–Kier alpha value is -1.43. The second kappa shape index (κ2) is 10.4. The summed E-state index contributed by atoms with van der Waals surface area (Å²) in [6.45, 7) is 3.42. The van der Waals surface area contributed by atoms with Gasteiger partial charge in [-0.15, -0.1) is 0 Å². The zero-order valence-corrected chi connectivity index (χ0v) is 12.2. The third kappa shape index (κ3) is 6.65. The van der Waals surface area contributed by atoms with Gasteiger partial charge in [0.1, 0.15) is 11.8 Å². The molecule has 0 heterocycles. The van der Waals surface area contributed by atoms with Crippen molar-refractivity contribution in [3.63, 3.8) is 0 Å². The molecule has 0 aliphatic rings. The highest BCUT2D eigenvalue weighted by atomic mass is 16.4. The Morgan fingerprint density at radius 1 is 1.15 bits per heavy atom. The summed E-state index contributed by atoms with van der Waals surface area (Å²) in [5.74, 6) is -2.71. The molecule has 2 atom stereocenters. The predicted octanol–water partition coefficient (Wildman–Crippen LogP) is 1.11. The van der Waals surface area contributed by atoms with Gasteiger partial charge < -0.3 is 15.5 Å². The van der Waals surface area contributed by atoms with Crippen molar-refractivity contribution in [1.82, 2.24) is 5.32 Å². The van der Waals surface area contributed by atoms with Crippen molar-refractivity contribution in [3.8, 4) is 0 Å². The number of carbonyl (C=O) groups is 3. The molecule has 0 fully saturated rings.